The van der Waals surface area contributed by atoms with Gasteiger partial charge in [-0.2, -0.15) is 5.26 Å². The van der Waals surface area contributed by atoms with Crippen molar-refractivity contribution in [1.29, 1.82) is 5.26 Å². The molecule has 6 nitrogen and oxygen atoms in total. The zero-order valence-electron chi connectivity index (χ0n) is 9.25. The fourth-order valence-corrected chi connectivity index (χ4v) is 1.69. The molecule has 0 unspecified atom stereocenters. The Labute approximate surface area is 102 Å². The molecular weight excluding hydrogens is 236 g/mol. The molecule has 0 saturated carbocycles. The minimum absolute atomic E-state index is 0.274. The summed E-state index contributed by atoms with van der Waals surface area (Å²) in [5, 5.41) is 8.27. The molecule has 6 heteroatoms. The van der Waals surface area contributed by atoms with E-state index in [1.54, 1.807) is 24.3 Å². The number of Topliss-reactive ketones (excluding diaryl/α,β-unsaturated/α-hetero) is 1. The third-order valence-electron chi connectivity index (χ3n) is 2.46. The number of carbonyl (C=O) groups is 3. The molecule has 90 valence electrons. The summed E-state index contributed by atoms with van der Waals surface area (Å²) in [6.07, 6.45) is 0. The predicted octanol–water partition coefficient (Wildman–Crippen LogP) is 0.283. The van der Waals surface area contributed by atoms with Gasteiger partial charge >= 0.3 is 5.97 Å². The maximum atomic E-state index is 11.7. The molecule has 0 N–H and O–H groups in total. The third kappa shape index (κ3) is 1.94. The summed E-state index contributed by atoms with van der Waals surface area (Å²) >= 11 is 0. The Kier molecular flexibility index (Phi) is 3.06. The Balaban J connectivity index is 2.20. The van der Waals surface area contributed by atoms with Crippen molar-refractivity contribution in [1.82, 2.24) is 0 Å². The molecule has 18 heavy (non-hydrogen) atoms. The van der Waals surface area contributed by atoms with Crippen LogP contribution in [0.1, 0.15) is 10.4 Å². The number of ketones is 1. The minimum atomic E-state index is -0.759. The molecule has 0 bridgehead atoms. The first-order chi connectivity index (χ1) is 8.65. The van der Waals surface area contributed by atoms with Crippen LogP contribution in [0.5, 0.6) is 0 Å². The Bertz CT molecular complexity index is 574. The number of fused-ring (bicyclic) bond motifs is 1. The number of nitriles is 1. The first-order valence-electron chi connectivity index (χ1n) is 5.13. The van der Waals surface area contributed by atoms with E-state index in [1.165, 1.54) is 6.07 Å². The van der Waals surface area contributed by atoms with Gasteiger partial charge in [0.2, 0.25) is 0 Å². The number of hydrogen-bond donors (Lipinski definition) is 0. The number of hydrogen-bond acceptors (Lipinski definition) is 5. The van der Waals surface area contributed by atoms with E-state index in [4.69, 9.17) is 5.26 Å². The summed E-state index contributed by atoms with van der Waals surface area (Å²) in [4.78, 5) is 35.7. The average molecular weight is 244 g/mol. The van der Waals surface area contributed by atoms with Crippen LogP contribution in [0.3, 0.4) is 0 Å². The van der Waals surface area contributed by atoms with Crippen LogP contribution in [0.4, 0.5) is 5.69 Å². The van der Waals surface area contributed by atoms with Crippen LogP contribution < -0.4 is 4.90 Å². The lowest BCUT2D eigenvalue weighted by molar-refractivity contribution is -0.141. The molecule has 0 atom stereocenters. The maximum Gasteiger partial charge on any atom is 0.327 e. The Morgan fingerprint density at radius 3 is 2.78 bits per heavy atom. The van der Waals surface area contributed by atoms with Crippen molar-refractivity contribution < 1.29 is 19.1 Å². The largest absolute Gasteiger partial charge is 0.449 e. The topological polar surface area (TPSA) is 87.5 Å². The number of anilines is 1. The number of carbonyl (C=O) groups excluding carboxylic acids is 3. The summed E-state index contributed by atoms with van der Waals surface area (Å²) in [6, 6.07) is 8.06. The van der Waals surface area contributed by atoms with Crippen LogP contribution in [0, 0.1) is 11.3 Å². The van der Waals surface area contributed by atoms with Crippen LogP contribution in [0.25, 0.3) is 0 Å². The van der Waals surface area contributed by atoms with Crippen LogP contribution in [-0.2, 0) is 14.3 Å². The van der Waals surface area contributed by atoms with E-state index in [0.29, 0.717) is 5.69 Å². The smallest absolute Gasteiger partial charge is 0.327 e. The Hall–Kier alpha value is -2.68. The van der Waals surface area contributed by atoms with Crippen LogP contribution >= 0.6 is 0 Å². The molecule has 1 aromatic rings. The molecule has 0 spiro atoms. The SMILES string of the molecule is N#CCOC(=O)CN1C(=O)C(=O)c2ccccc21. The van der Waals surface area contributed by atoms with E-state index >= 15 is 0 Å². The molecule has 1 amide bonds. The number of ether oxygens (including phenoxy) is 1. The summed E-state index contributed by atoms with van der Waals surface area (Å²) in [7, 11) is 0. The molecule has 1 aromatic carbocycles. The Morgan fingerprint density at radius 1 is 1.33 bits per heavy atom. The molecule has 0 fully saturated rings. The van der Waals surface area contributed by atoms with Gasteiger partial charge in [0, 0.05) is 0 Å². The highest BCUT2D eigenvalue weighted by Crippen LogP contribution is 2.27. The third-order valence-corrected chi connectivity index (χ3v) is 2.46. The number of para-hydroxylation sites is 1. The van der Waals surface area contributed by atoms with E-state index < -0.39 is 17.7 Å². The maximum absolute atomic E-state index is 11.7. The van der Waals surface area contributed by atoms with Gasteiger partial charge in [0.25, 0.3) is 11.7 Å². The second kappa shape index (κ2) is 4.67. The van der Waals surface area contributed by atoms with Crippen molar-refractivity contribution in [3.8, 4) is 6.07 Å². The fourth-order valence-electron chi connectivity index (χ4n) is 1.69. The van der Waals surface area contributed by atoms with Crippen LogP contribution in [0.15, 0.2) is 24.3 Å². The molecule has 1 aliphatic heterocycles. The van der Waals surface area contributed by atoms with Crippen LogP contribution in [-0.4, -0.2) is 30.8 Å². The number of esters is 1. The Morgan fingerprint density at radius 2 is 2.06 bits per heavy atom. The van der Waals surface area contributed by atoms with Crippen molar-refractivity contribution in [3.05, 3.63) is 29.8 Å². The summed E-state index contributed by atoms with van der Waals surface area (Å²) in [6.45, 7) is -0.750. The average Bonchev–Trinajstić information content (AvgIpc) is 2.62. The van der Waals surface area contributed by atoms with Gasteiger partial charge in [-0.1, -0.05) is 12.1 Å². The monoisotopic (exact) mass is 244 g/mol. The number of rotatable bonds is 3. The highest BCUT2D eigenvalue weighted by atomic mass is 16.5. The van der Waals surface area contributed by atoms with Gasteiger partial charge in [0.1, 0.15) is 12.6 Å². The number of nitrogens with zero attached hydrogens (tertiary/aromatic N) is 2. The first kappa shape index (κ1) is 11.8. The van der Waals surface area contributed by atoms with Crippen molar-refractivity contribution in [2.75, 3.05) is 18.1 Å². The van der Waals surface area contributed by atoms with Crippen molar-refractivity contribution in [3.63, 3.8) is 0 Å². The fraction of sp³-hybridized carbons (Fsp3) is 0.167. The van der Waals surface area contributed by atoms with E-state index in [1.807, 2.05) is 0 Å². The molecule has 0 aliphatic carbocycles. The minimum Gasteiger partial charge on any atom is -0.449 e. The zero-order valence-corrected chi connectivity index (χ0v) is 9.25. The van der Waals surface area contributed by atoms with Crippen molar-refractivity contribution >= 4 is 23.3 Å². The van der Waals surface area contributed by atoms with E-state index in [0.717, 1.165) is 4.90 Å². The van der Waals surface area contributed by atoms with Gasteiger partial charge in [-0.3, -0.25) is 19.3 Å². The summed E-state index contributed by atoms with van der Waals surface area (Å²) < 4.78 is 4.55. The molecule has 0 aromatic heterocycles. The first-order valence-corrected chi connectivity index (χ1v) is 5.13. The lowest BCUT2D eigenvalue weighted by atomic mass is 10.1. The predicted molar refractivity (Wildman–Crippen MR) is 59.7 cm³/mol. The highest BCUT2D eigenvalue weighted by molar-refractivity contribution is 6.52. The van der Waals surface area contributed by atoms with Gasteiger partial charge in [-0.15, -0.1) is 0 Å². The standard InChI is InChI=1S/C12H8N2O4/c13-5-6-18-10(15)7-14-9-4-2-1-3-8(9)11(16)12(14)17/h1-4H,6-7H2. The molecular formula is C12H8N2O4. The summed E-state index contributed by atoms with van der Waals surface area (Å²) in [5.41, 5.74) is 0.664. The van der Waals surface area contributed by atoms with E-state index in [2.05, 4.69) is 4.74 Å². The number of benzene rings is 1. The lowest BCUT2D eigenvalue weighted by Gasteiger charge is -2.14. The van der Waals surface area contributed by atoms with E-state index in [-0.39, 0.29) is 18.7 Å². The second-order valence-electron chi connectivity index (χ2n) is 3.56. The molecule has 0 saturated heterocycles. The van der Waals surface area contributed by atoms with Crippen molar-refractivity contribution in [2.24, 2.45) is 0 Å². The van der Waals surface area contributed by atoms with Gasteiger partial charge in [0.05, 0.1) is 11.3 Å². The van der Waals surface area contributed by atoms with Crippen LogP contribution in [0.2, 0.25) is 0 Å². The van der Waals surface area contributed by atoms with Gasteiger partial charge in [-0.25, -0.2) is 0 Å². The number of amides is 1. The summed E-state index contributed by atoms with van der Waals surface area (Å²) in [5.74, 6) is -2.13. The lowest BCUT2D eigenvalue weighted by Crippen LogP contribution is -2.35. The second-order valence-corrected chi connectivity index (χ2v) is 3.56. The van der Waals surface area contributed by atoms with Gasteiger partial charge < -0.3 is 4.74 Å². The molecule has 1 heterocycles. The van der Waals surface area contributed by atoms with Gasteiger partial charge in [-0.05, 0) is 12.1 Å². The quantitative estimate of drug-likeness (QED) is 0.563. The van der Waals surface area contributed by atoms with Crippen molar-refractivity contribution in [2.45, 2.75) is 0 Å². The normalized spacial score (nSPS) is 13.2. The van der Waals surface area contributed by atoms with Gasteiger partial charge in [0.15, 0.2) is 6.61 Å². The molecule has 2 rings (SSSR count). The zero-order chi connectivity index (χ0) is 13.1. The molecule has 0 radical (unpaired) electrons. The van der Waals surface area contributed by atoms with E-state index in [9.17, 15) is 14.4 Å². The highest BCUT2D eigenvalue weighted by Gasteiger charge is 2.36. The molecule has 1 aliphatic rings.